The van der Waals surface area contributed by atoms with Gasteiger partial charge in [-0.05, 0) is 0 Å². The third kappa shape index (κ3) is 0.922. The van der Waals surface area contributed by atoms with E-state index in [1.807, 2.05) is 6.55 Å². The van der Waals surface area contributed by atoms with E-state index in [1.54, 1.807) is 0 Å². The second-order valence-corrected chi connectivity index (χ2v) is 3.55. The summed E-state index contributed by atoms with van der Waals surface area (Å²) in [5.74, 6) is -0.865. The number of hydrogen-bond acceptors (Lipinski definition) is 2. The van der Waals surface area contributed by atoms with Crippen LogP contribution in [-0.2, 0) is 9.59 Å². The topological polar surface area (TPSA) is 57.6 Å². The lowest BCUT2D eigenvalue weighted by Gasteiger charge is -2.36. The van der Waals surface area contributed by atoms with Crippen molar-refractivity contribution in [3.63, 3.8) is 0 Å². The Morgan fingerprint density at radius 3 is 2.70 bits per heavy atom. The smallest absolute Gasteiger partial charge is 0.326 e. The molecule has 1 aliphatic rings. The molecular weight excluding hydrogens is 150 g/mol. The average molecular weight is 159 g/mol. The monoisotopic (exact) mass is 159 g/mol. The third-order valence-corrected chi connectivity index (χ3v) is 3.17. The zero-order chi connectivity index (χ0) is 7.72. The highest BCUT2D eigenvalue weighted by molar-refractivity contribution is 6.37. The van der Waals surface area contributed by atoms with Crippen LogP contribution in [0, 0.1) is 0 Å². The Kier molecular flexibility index (Phi) is 1.75. The van der Waals surface area contributed by atoms with Crippen LogP contribution >= 0.6 is 0 Å². The van der Waals surface area contributed by atoms with Crippen LogP contribution in [0.3, 0.4) is 0 Å². The number of carboxylic acid groups (broad SMARTS) is 1. The summed E-state index contributed by atoms with van der Waals surface area (Å²) in [7, 11) is -0.610. The van der Waals surface area contributed by atoms with Gasteiger partial charge < -0.3 is 9.67 Å². The molecule has 10 heavy (non-hydrogen) atoms. The molecule has 1 rings (SSSR count). The number of carbonyl (C=O) groups excluding carboxylic acids is 1. The van der Waals surface area contributed by atoms with Gasteiger partial charge in [0, 0.05) is 0 Å². The van der Waals surface area contributed by atoms with Gasteiger partial charge in [0.2, 0.25) is 5.91 Å². The van der Waals surface area contributed by atoms with Crippen molar-refractivity contribution in [2.24, 2.45) is 0 Å². The number of rotatable bonds is 2. The van der Waals surface area contributed by atoms with Gasteiger partial charge in [-0.25, -0.2) is 0 Å². The molecular formula is C5H9NO3Si. The summed E-state index contributed by atoms with van der Waals surface area (Å²) in [4.78, 5) is 21.0. The van der Waals surface area contributed by atoms with Crippen molar-refractivity contribution in [1.82, 2.24) is 4.57 Å². The highest BCUT2D eigenvalue weighted by atomic mass is 28.2. The van der Waals surface area contributed by atoms with Crippen molar-refractivity contribution < 1.29 is 14.7 Å². The van der Waals surface area contributed by atoms with E-state index < -0.39 is 21.7 Å². The van der Waals surface area contributed by atoms with E-state index in [0.717, 1.165) is 0 Å². The Bertz CT molecular complexity index is 174. The van der Waals surface area contributed by atoms with Crippen LogP contribution in [0.2, 0.25) is 6.55 Å². The van der Waals surface area contributed by atoms with Crippen molar-refractivity contribution >= 4 is 21.6 Å². The molecule has 0 saturated carbocycles. The normalized spacial score (nSPS) is 25.5. The molecule has 0 bridgehead atoms. The van der Waals surface area contributed by atoms with Gasteiger partial charge in [-0.3, -0.25) is 9.59 Å². The first-order valence-electron chi connectivity index (χ1n) is 3.19. The molecule has 1 N–H and O–H groups in total. The van der Waals surface area contributed by atoms with Crippen molar-refractivity contribution in [3.05, 3.63) is 0 Å². The van der Waals surface area contributed by atoms with Crippen molar-refractivity contribution in [1.29, 1.82) is 0 Å². The molecule has 0 aliphatic carbocycles. The van der Waals surface area contributed by atoms with Crippen LogP contribution in [0.15, 0.2) is 0 Å². The van der Waals surface area contributed by atoms with Crippen molar-refractivity contribution in [3.8, 4) is 0 Å². The Morgan fingerprint density at radius 1 is 1.90 bits per heavy atom. The van der Waals surface area contributed by atoms with Crippen LogP contribution in [0.5, 0.6) is 0 Å². The standard InChI is InChI=1S/C5H9NO3Si/c1-10-6-3(5(8)9)2-4(6)7/h3H,2,10H2,1H3,(H,8,9)/t3-/m0/s1. The highest BCUT2D eigenvalue weighted by Crippen LogP contribution is 2.17. The number of aliphatic carboxylic acids is 1. The lowest BCUT2D eigenvalue weighted by Crippen LogP contribution is -2.57. The predicted octanol–water partition coefficient (Wildman–Crippen LogP) is -1.20. The average Bonchev–Trinajstić information content (AvgIpc) is 1.83. The minimum atomic E-state index is -0.867. The number of carbonyl (C=O) groups is 2. The molecule has 0 unspecified atom stereocenters. The van der Waals surface area contributed by atoms with Gasteiger partial charge in [-0.2, -0.15) is 0 Å². The van der Waals surface area contributed by atoms with Crippen LogP contribution in [-0.4, -0.2) is 37.3 Å². The Hall–Kier alpha value is -0.843. The number of carboxylic acids is 1. The summed E-state index contributed by atoms with van der Waals surface area (Å²) in [5.41, 5.74) is 0. The molecule has 0 aromatic rings. The Labute approximate surface area is 60.7 Å². The number of β-lactam (4-membered cyclic amide) rings is 1. The van der Waals surface area contributed by atoms with Crippen molar-refractivity contribution in [2.75, 3.05) is 0 Å². The number of hydrogen-bond donors (Lipinski definition) is 1. The van der Waals surface area contributed by atoms with E-state index in [2.05, 4.69) is 0 Å². The van der Waals surface area contributed by atoms with E-state index in [0.29, 0.717) is 0 Å². The van der Waals surface area contributed by atoms with Gasteiger partial charge in [-0.1, -0.05) is 6.55 Å². The van der Waals surface area contributed by atoms with E-state index >= 15 is 0 Å². The van der Waals surface area contributed by atoms with Gasteiger partial charge in [0.15, 0.2) is 0 Å². The third-order valence-electron chi connectivity index (χ3n) is 1.69. The zero-order valence-corrected chi connectivity index (χ0v) is 7.12. The Balaban J connectivity index is 2.53. The van der Waals surface area contributed by atoms with Gasteiger partial charge in [-0.15, -0.1) is 0 Å². The molecule has 1 atom stereocenters. The van der Waals surface area contributed by atoms with Crippen LogP contribution in [0.1, 0.15) is 6.42 Å². The lowest BCUT2D eigenvalue weighted by atomic mass is 10.1. The first kappa shape index (κ1) is 7.27. The van der Waals surface area contributed by atoms with E-state index in [4.69, 9.17) is 5.11 Å². The zero-order valence-electron chi connectivity index (χ0n) is 5.70. The minimum absolute atomic E-state index is 0.00145. The molecule has 0 aromatic carbocycles. The maximum absolute atomic E-state index is 10.7. The maximum Gasteiger partial charge on any atom is 0.326 e. The molecule has 56 valence electrons. The molecule has 0 radical (unpaired) electrons. The van der Waals surface area contributed by atoms with Gasteiger partial charge in [0.1, 0.15) is 15.7 Å². The van der Waals surface area contributed by atoms with Crippen molar-refractivity contribution in [2.45, 2.75) is 19.0 Å². The summed E-state index contributed by atoms with van der Waals surface area (Å²) < 4.78 is 1.49. The second-order valence-electron chi connectivity index (χ2n) is 2.24. The molecule has 5 heteroatoms. The van der Waals surface area contributed by atoms with E-state index in [1.165, 1.54) is 4.57 Å². The molecule has 1 amide bonds. The minimum Gasteiger partial charge on any atom is -0.480 e. The SMILES string of the molecule is C[SiH2]N1C(=O)C[C@H]1C(=O)O. The first-order chi connectivity index (χ1) is 4.66. The molecule has 1 aliphatic heterocycles. The molecule has 0 aromatic heterocycles. The highest BCUT2D eigenvalue weighted by Gasteiger charge is 2.39. The summed E-state index contributed by atoms with van der Waals surface area (Å²) in [5, 5.41) is 8.48. The summed E-state index contributed by atoms with van der Waals surface area (Å²) >= 11 is 0. The molecule has 4 nitrogen and oxygen atoms in total. The Morgan fingerprint density at radius 2 is 2.50 bits per heavy atom. The van der Waals surface area contributed by atoms with E-state index in [-0.39, 0.29) is 12.3 Å². The molecule has 1 fully saturated rings. The largest absolute Gasteiger partial charge is 0.480 e. The van der Waals surface area contributed by atoms with Gasteiger partial charge >= 0.3 is 5.97 Å². The number of amides is 1. The fourth-order valence-electron chi connectivity index (χ4n) is 1.07. The number of nitrogens with zero attached hydrogens (tertiary/aromatic N) is 1. The second kappa shape index (κ2) is 2.41. The van der Waals surface area contributed by atoms with Crippen LogP contribution in [0.25, 0.3) is 0 Å². The molecule has 1 saturated heterocycles. The molecule has 0 spiro atoms. The summed E-state index contributed by atoms with van der Waals surface area (Å²) in [6, 6.07) is -0.496. The van der Waals surface area contributed by atoms with E-state index in [9.17, 15) is 9.59 Å². The van der Waals surface area contributed by atoms with Crippen LogP contribution in [0.4, 0.5) is 0 Å². The first-order valence-corrected chi connectivity index (χ1v) is 5.23. The quantitative estimate of drug-likeness (QED) is 0.407. The fraction of sp³-hybridized carbons (Fsp3) is 0.600. The summed E-state index contributed by atoms with van der Waals surface area (Å²) in [6.07, 6.45) is 0.205. The predicted molar refractivity (Wildman–Crippen MR) is 37.3 cm³/mol. The maximum atomic E-state index is 10.7. The fourth-order valence-corrected chi connectivity index (χ4v) is 2.28. The summed E-state index contributed by atoms with van der Waals surface area (Å²) in [6.45, 7) is 1.91. The van der Waals surface area contributed by atoms with Gasteiger partial charge in [0.05, 0.1) is 6.42 Å². The van der Waals surface area contributed by atoms with Gasteiger partial charge in [0.25, 0.3) is 0 Å². The lowest BCUT2D eigenvalue weighted by molar-refractivity contribution is -0.155. The van der Waals surface area contributed by atoms with Crippen LogP contribution < -0.4 is 0 Å². The molecule has 1 heterocycles.